The Balaban J connectivity index is 1.94. The number of rotatable bonds is 0. The first kappa shape index (κ1) is 7.64. The smallest absolute Gasteiger partial charge is 0.0297 e. The van der Waals surface area contributed by atoms with Crippen LogP contribution in [0.1, 0.15) is 51.4 Å². The van der Waals surface area contributed by atoms with Crippen LogP contribution in [-0.2, 0) is 0 Å². The van der Waals surface area contributed by atoms with Gasteiger partial charge in [0.25, 0.3) is 0 Å². The maximum absolute atomic E-state index is 5.89. The first-order chi connectivity index (χ1) is 5.31. The fourth-order valence-corrected chi connectivity index (χ4v) is 2.88. The summed E-state index contributed by atoms with van der Waals surface area (Å²) in [5.41, 5.74) is 0.774. The molecule has 2 rings (SSSR count). The van der Waals surface area contributed by atoms with Gasteiger partial charge in [0, 0.05) is 0 Å². The standard InChI is InChI=1S/C11H18/c1-10-4-8-11(9-5-10)6-2-3-7-11/h1,10H,2-9H2. The molecule has 0 atom stereocenters. The van der Waals surface area contributed by atoms with Crippen molar-refractivity contribution in [2.45, 2.75) is 51.4 Å². The lowest BCUT2D eigenvalue weighted by atomic mass is 9.70. The zero-order valence-electron chi connectivity index (χ0n) is 7.31. The molecule has 0 N–H and O–H groups in total. The van der Waals surface area contributed by atoms with E-state index in [9.17, 15) is 0 Å². The molecule has 1 spiro atoms. The summed E-state index contributed by atoms with van der Waals surface area (Å²) in [4.78, 5) is 0. The van der Waals surface area contributed by atoms with Crippen molar-refractivity contribution < 1.29 is 0 Å². The van der Waals surface area contributed by atoms with Crippen molar-refractivity contribution >= 4 is 0 Å². The van der Waals surface area contributed by atoms with E-state index in [1.807, 2.05) is 0 Å². The molecule has 0 heterocycles. The Hall–Kier alpha value is 0. The normalized spacial score (nSPS) is 31.4. The summed E-state index contributed by atoms with van der Waals surface area (Å²) in [6, 6.07) is 0. The van der Waals surface area contributed by atoms with E-state index >= 15 is 0 Å². The van der Waals surface area contributed by atoms with Gasteiger partial charge < -0.3 is 0 Å². The quantitative estimate of drug-likeness (QED) is 0.496. The second-order valence-corrected chi connectivity index (χ2v) is 4.54. The first-order valence-corrected chi connectivity index (χ1v) is 5.06. The Kier molecular flexibility index (Phi) is 1.95. The van der Waals surface area contributed by atoms with E-state index in [1.165, 1.54) is 51.4 Å². The van der Waals surface area contributed by atoms with Gasteiger partial charge in [-0.05, 0) is 56.8 Å². The maximum Gasteiger partial charge on any atom is -0.0297 e. The molecule has 2 saturated carbocycles. The molecule has 2 aliphatic carbocycles. The van der Waals surface area contributed by atoms with Crippen LogP contribution in [0.2, 0.25) is 0 Å². The molecule has 2 aliphatic rings. The fourth-order valence-electron chi connectivity index (χ4n) is 2.88. The molecule has 2 radical (unpaired) electrons. The van der Waals surface area contributed by atoms with Crippen LogP contribution in [0.4, 0.5) is 0 Å². The monoisotopic (exact) mass is 150 g/mol. The van der Waals surface area contributed by atoms with Crippen molar-refractivity contribution in [3.8, 4) is 0 Å². The van der Waals surface area contributed by atoms with Gasteiger partial charge in [-0.3, -0.25) is 0 Å². The molecule has 0 aromatic rings. The average molecular weight is 150 g/mol. The topological polar surface area (TPSA) is 0 Å². The summed E-state index contributed by atoms with van der Waals surface area (Å²) in [7, 11) is 0. The molecular formula is C11H18. The third-order valence-corrected chi connectivity index (χ3v) is 3.76. The Labute approximate surface area is 70.4 Å². The van der Waals surface area contributed by atoms with Crippen LogP contribution < -0.4 is 0 Å². The number of hydrogen-bond donors (Lipinski definition) is 0. The highest BCUT2D eigenvalue weighted by Crippen LogP contribution is 2.49. The molecule has 2 fully saturated rings. The molecule has 0 nitrogen and oxygen atoms in total. The predicted molar refractivity (Wildman–Crippen MR) is 47.2 cm³/mol. The second-order valence-electron chi connectivity index (χ2n) is 4.54. The van der Waals surface area contributed by atoms with Gasteiger partial charge in [0.2, 0.25) is 0 Å². The van der Waals surface area contributed by atoms with Gasteiger partial charge in [-0.2, -0.15) is 0 Å². The first-order valence-electron chi connectivity index (χ1n) is 5.06. The van der Waals surface area contributed by atoms with Crippen molar-refractivity contribution in [3.05, 3.63) is 6.92 Å². The predicted octanol–water partition coefficient (Wildman–Crippen LogP) is 3.45. The Morgan fingerprint density at radius 1 is 0.909 bits per heavy atom. The maximum atomic E-state index is 5.89. The molecule has 0 saturated heterocycles. The molecule has 0 bridgehead atoms. The summed E-state index contributed by atoms with van der Waals surface area (Å²) >= 11 is 0. The number of hydrogen-bond acceptors (Lipinski definition) is 0. The lowest BCUT2D eigenvalue weighted by molar-refractivity contribution is 0.172. The molecule has 0 aromatic carbocycles. The Morgan fingerprint density at radius 3 is 2.00 bits per heavy atom. The van der Waals surface area contributed by atoms with Gasteiger partial charge in [0.15, 0.2) is 0 Å². The lowest BCUT2D eigenvalue weighted by Crippen LogP contribution is -2.23. The molecule has 0 unspecified atom stereocenters. The molecule has 0 heteroatoms. The highest BCUT2D eigenvalue weighted by molar-refractivity contribution is 4.89. The van der Waals surface area contributed by atoms with E-state index in [1.54, 1.807) is 0 Å². The average Bonchev–Trinajstić information content (AvgIpc) is 2.45. The van der Waals surface area contributed by atoms with Crippen LogP contribution in [-0.4, -0.2) is 0 Å². The van der Waals surface area contributed by atoms with Crippen LogP contribution in [0, 0.1) is 18.3 Å². The van der Waals surface area contributed by atoms with Gasteiger partial charge in [0.1, 0.15) is 0 Å². The van der Waals surface area contributed by atoms with Crippen molar-refractivity contribution in [2.75, 3.05) is 0 Å². The molecule has 11 heavy (non-hydrogen) atoms. The van der Waals surface area contributed by atoms with Gasteiger partial charge in [-0.25, -0.2) is 0 Å². The molecule has 62 valence electrons. The van der Waals surface area contributed by atoms with Crippen molar-refractivity contribution in [1.82, 2.24) is 0 Å². The Bertz CT molecular complexity index is 121. The third-order valence-electron chi connectivity index (χ3n) is 3.76. The van der Waals surface area contributed by atoms with Crippen molar-refractivity contribution in [1.29, 1.82) is 0 Å². The van der Waals surface area contributed by atoms with Crippen LogP contribution in [0.3, 0.4) is 0 Å². The second kappa shape index (κ2) is 2.80. The molecule has 0 aromatic heterocycles. The summed E-state index contributed by atoms with van der Waals surface area (Å²) in [5.74, 6) is 0.529. The zero-order chi connectivity index (χ0) is 7.73. The SMILES string of the molecule is [CH]C1CCC2(CCCC2)CC1. The van der Waals surface area contributed by atoms with Gasteiger partial charge in [-0.1, -0.05) is 12.8 Å². The van der Waals surface area contributed by atoms with Gasteiger partial charge in [-0.15, -0.1) is 0 Å². The van der Waals surface area contributed by atoms with Crippen LogP contribution in [0.5, 0.6) is 0 Å². The highest BCUT2D eigenvalue weighted by Gasteiger charge is 2.36. The van der Waals surface area contributed by atoms with Crippen LogP contribution >= 0.6 is 0 Å². The summed E-state index contributed by atoms with van der Waals surface area (Å²) in [6.07, 6.45) is 11.4. The van der Waals surface area contributed by atoms with Crippen molar-refractivity contribution in [2.24, 2.45) is 11.3 Å². The van der Waals surface area contributed by atoms with E-state index in [0.717, 1.165) is 5.41 Å². The third kappa shape index (κ3) is 1.45. The minimum Gasteiger partial charge on any atom is -0.0528 e. The Morgan fingerprint density at radius 2 is 1.45 bits per heavy atom. The van der Waals surface area contributed by atoms with E-state index in [0.29, 0.717) is 5.92 Å². The van der Waals surface area contributed by atoms with Crippen LogP contribution in [0.25, 0.3) is 0 Å². The zero-order valence-corrected chi connectivity index (χ0v) is 7.31. The van der Waals surface area contributed by atoms with E-state index in [4.69, 9.17) is 6.92 Å². The summed E-state index contributed by atoms with van der Waals surface area (Å²) < 4.78 is 0. The summed E-state index contributed by atoms with van der Waals surface area (Å²) in [5, 5.41) is 0. The van der Waals surface area contributed by atoms with E-state index in [2.05, 4.69) is 0 Å². The van der Waals surface area contributed by atoms with E-state index in [-0.39, 0.29) is 0 Å². The fraction of sp³-hybridized carbons (Fsp3) is 0.909. The van der Waals surface area contributed by atoms with Crippen LogP contribution in [0.15, 0.2) is 0 Å². The summed E-state index contributed by atoms with van der Waals surface area (Å²) in [6.45, 7) is 5.89. The largest absolute Gasteiger partial charge is 0.0528 e. The molecule has 0 aliphatic heterocycles. The van der Waals surface area contributed by atoms with Crippen molar-refractivity contribution in [3.63, 3.8) is 0 Å². The van der Waals surface area contributed by atoms with E-state index < -0.39 is 0 Å². The minimum absolute atomic E-state index is 0.529. The minimum atomic E-state index is 0.529. The highest BCUT2D eigenvalue weighted by atomic mass is 14.4. The van der Waals surface area contributed by atoms with Gasteiger partial charge in [0.05, 0.1) is 0 Å². The van der Waals surface area contributed by atoms with Gasteiger partial charge >= 0.3 is 0 Å². The lowest BCUT2D eigenvalue weighted by Gasteiger charge is -2.35. The molecular weight excluding hydrogens is 132 g/mol. The molecule has 0 amide bonds.